The molecule has 6 heterocycles. The number of hydrogen-bond acceptors (Lipinski definition) is 8. The third-order valence-corrected chi connectivity index (χ3v) is 8.59. The number of likely N-dealkylation sites (tertiary alicyclic amines) is 1. The Morgan fingerprint density at radius 3 is 2.46 bits per heavy atom. The zero-order valence-electron chi connectivity index (χ0n) is 21.0. The van der Waals surface area contributed by atoms with Gasteiger partial charge in [0.2, 0.25) is 0 Å². The monoisotopic (exact) mass is 559 g/mol. The van der Waals surface area contributed by atoms with Gasteiger partial charge in [-0.05, 0) is 44.9 Å². The van der Waals surface area contributed by atoms with Gasteiger partial charge in [0.1, 0.15) is 11.0 Å². The third kappa shape index (κ3) is 4.44. The second-order valence-corrected chi connectivity index (χ2v) is 11.5. The minimum Gasteiger partial charge on any atom is -0.301 e. The molecule has 204 valence electrons. The molecule has 0 atom stereocenters. The number of pyridine rings is 1. The first-order valence-electron chi connectivity index (χ1n) is 12.3. The van der Waals surface area contributed by atoms with E-state index >= 15 is 0 Å². The van der Waals surface area contributed by atoms with Gasteiger partial charge in [0.25, 0.3) is 0 Å². The highest BCUT2D eigenvalue weighted by Gasteiger charge is 2.34. The van der Waals surface area contributed by atoms with E-state index in [1.54, 1.807) is 18.5 Å². The van der Waals surface area contributed by atoms with E-state index in [0.29, 0.717) is 21.6 Å². The lowest BCUT2D eigenvalue weighted by molar-refractivity contribution is -0.142. The zero-order chi connectivity index (χ0) is 27.5. The lowest BCUT2D eigenvalue weighted by Gasteiger charge is -2.34. The molecule has 5 aromatic rings. The van der Waals surface area contributed by atoms with E-state index in [1.165, 1.54) is 6.20 Å². The molecule has 0 N–H and O–H groups in total. The largest absolute Gasteiger partial charge is 0.435 e. The first kappa shape index (κ1) is 25.4. The van der Waals surface area contributed by atoms with Gasteiger partial charge >= 0.3 is 16.2 Å². The molecule has 0 spiro atoms. The molecule has 0 amide bonds. The molecule has 6 rings (SSSR count). The van der Waals surface area contributed by atoms with E-state index < -0.39 is 26.9 Å². The number of piperidine rings is 1. The maximum atomic E-state index is 13.5. The Balaban J connectivity index is 1.35. The van der Waals surface area contributed by atoms with Gasteiger partial charge < -0.3 is 4.90 Å². The van der Waals surface area contributed by atoms with Crippen molar-refractivity contribution >= 4 is 26.7 Å². The first-order chi connectivity index (χ1) is 18.5. The molecule has 0 unspecified atom stereocenters. The number of aromatic nitrogens is 8. The van der Waals surface area contributed by atoms with E-state index in [0.717, 1.165) is 53.9 Å². The molecule has 0 bridgehead atoms. The van der Waals surface area contributed by atoms with Gasteiger partial charge in [-0.1, -0.05) is 0 Å². The molecule has 0 radical (unpaired) electrons. The number of hydrogen-bond donors (Lipinski definition) is 0. The van der Waals surface area contributed by atoms with Crippen LogP contribution in [0.15, 0.2) is 54.2 Å². The van der Waals surface area contributed by atoms with Crippen LogP contribution in [0.4, 0.5) is 13.2 Å². The Morgan fingerprint density at radius 2 is 1.74 bits per heavy atom. The molecule has 1 aliphatic rings. The van der Waals surface area contributed by atoms with Crippen molar-refractivity contribution in [1.29, 1.82) is 0 Å². The fraction of sp³-hybridized carbons (Fsp3) is 0.375. The highest BCUT2D eigenvalue weighted by molar-refractivity contribution is 7.90. The number of fused-ring (bicyclic) bond motifs is 2. The van der Waals surface area contributed by atoms with Gasteiger partial charge in [0, 0.05) is 42.7 Å². The van der Waals surface area contributed by atoms with Crippen LogP contribution in [0.2, 0.25) is 0 Å². The summed E-state index contributed by atoms with van der Waals surface area (Å²) in [4.78, 5) is 10.7. The maximum Gasteiger partial charge on any atom is 0.435 e. The van der Waals surface area contributed by atoms with Crippen LogP contribution in [0.1, 0.15) is 38.4 Å². The molecule has 1 aliphatic heterocycles. The molecule has 0 aliphatic carbocycles. The molecule has 1 fully saturated rings. The summed E-state index contributed by atoms with van der Waals surface area (Å²) in [5.74, 6) is 0. The molecular weight excluding hydrogens is 535 g/mol. The number of halogens is 3. The predicted molar refractivity (Wildman–Crippen MR) is 134 cm³/mol. The van der Waals surface area contributed by atoms with Gasteiger partial charge in [0.05, 0.1) is 24.6 Å². The summed E-state index contributed by atoms with van der Waals surface area (Å²) in [6.45, 7) is 6.35. The van der Waals surface area contributed by atoms with Crippen LogP contribution >= 0.6 is 0 Å². The maximum absolute atomic E-state index is 13.5. The minimum atomic E-state index is -4.76. The van der Waals surface area contributed by atoms with Crippen molar-refractivity contribution in [2.45, 2.75) is 50.0 Å². The third-order valence-electron chi connectivity index (χ3n) is 7.04. The summed E-state index contributed by atoms with van der Waals surface area (Å²) in [6, 6.07) is 4.18. The summed E-state index contributed by atoms with van der Waals surface area (Å²) in [5, 5.41) is 11.4. The van der Waals surface area contributed by atoms with E-state index in [1.807, 2.05) is 10.9 Å². The fourth-order valence-corrected chi connectivity index (χ4v) is 6.15. The predicted octanol–water partition coefficient (Wildman–Crippen LogP) is 3.64. The van der Waals surface area contributed by atoms with Crippen molar-refractivity contribution in [2.24, 2.45) is 0 Å². The highest BCUT2D eigenvalue weighted by Crippen LogP contribution is 2.30. The number of alkyl halides is 3. The fourth-order valence-electron chi connectivity index (χ4n) is 4.86. The summed E-state index contributed by atoms with van der Waals surface area (Å²) in [5.41, 5.74) is 0.545. The summed E-state index contributed by atoms with van der Waals surface area (Å²) < 4.78 is 70.1. The Bertz CT molecular complexity index is 1780. The van der Waals surface area contributed by atoms with E-state index in [4.69, 9.17) is 0 Å². The van der Waals surface area contributed by atoms with E-state index in [2.05, 4.69) is 44.0 Å². The topological polar surface area (TPSA) is 116 Å². The molecule has 5 aromatic heterocycles. The van der Waals surface area contributed by atoms with Gasteiger partial charge in [-0.25, -0.2) is 4.98 Å². The van der Waals surface area contributed by atoms with E-state index in [-0.39, 0.29) is 17.2 Å². The average Bonchev–Trinajstić information content (AvgIpc) is 3.66. The number of nitrogens with zero attached hydrogens (tertiary/aromatic N) is 9. The van der Waals surface area contributed by atoms with E-state index in [9.17, 15) is 21.6 Å². The van der Waals surface area contributed by atoms with Crippen molar-refractivity contribution < 1.29 is 21.6 Å². The van der Waals surface area contributed by atoms with Crippen LogP contribution in [0, 0.1) is 0 Å². The average molecular weight is 560 g/mol. The van der Waals surface area contributed by atoms with Gasteiger partial charge in [0.15, 0.2) is 16.4 Å². The van der Waals surface area contributed by atoms with Crippen LogP contribution < -0.4 is 0 Å². The summed E-state index contributed by atoms with van der Waals surface area (Å²) in [6.07, 6.45) is 4.66. The highest BCUT2D eigenvalue weighted by atomic mass is 32.2. The smallest absolute Gasteiger partial charge is 0.301 e. The first-order valence-corrected chi connectivity index (χ1v) is 13.8. The van der Waals surface area contributed by atoms with Crippen molar-refractivity contribution in [2.75, 3.05) is 13.1 Å². The Hall–Kier alpha value is -3.85. The second-order valence-electron chi connectivity index (χ2n) is 9.77. The van der Waals surface area contributed by atoms with Crippen LogP contribution in [0.25, 0.3) is 27.8 Å². The minimum absolute atomic E-state index is 0.0523. The van der Waals surface area contributed by atoms with Crippen LogP contribution in [-0.2, 0) is 16.2 Å². The van der Waals surface area contributed by atoms with Crippen molar-refractivity contribution in [1.82, 2.24) is 43.4 Å². The molecule has 15 heteroatoms. The summed E-state index contributed by atoms with van der Waals surface area (Å²) >= 11 is 0. The lowest BCUT2D eigenvalue weighted by atomic mass is 10.0. The van der Waals surface area contributed by atoms with Gasteiger partial charge in [-0.2, -0.15) is 45.5 Å². The van der Waals surface area contributed by atoms with Crippen LogP contribution in [-0.4, -0.2) is 71.0 Å². The van der Waals surface area contributed by atoms with Crippen LogP contribution in [0.3, 0.4) is 0 Å². The molecular formula is C24H24F3N9O2S. The molecule has 0 aromatic carbocycles. The lowest BCUT2D eigenvalue weighted by Crippen LogP contribution is -2.39. The Kier molecular flexibility index (Phi) is 5.95. The van der Waals surface area contributed by atoms with Gasteiger partial charge in [-0.15, -0.1) is 0 Å². The van der Waals surface area contributed by atoms with Crippen molar-refractivity contribution in [3.63, 3.8) is 0 Å². The quantitative estimate of drug-likeness (QED) is 0.321. The van der Waals surface area contributed by atoms with Gasteiger partial charge in [-0.3, -0.25) is 9.67 Å². The molecule has 39 heavy (non-hydrogen) atoms. The SMILES string of the molecule is CC(C)N1CCC(n2cc(-c3cnc4cnn(S(=O)(=O)c5cnc6ccc(C(F)(F)F)nn56)c4c3)cn2)CC1. The molecule has 0 saturated carbocycles. The van der Waals surface area contributed by atoms with Crippen molar-refractivity contribution in [3.8, 4) is 11.1 Å². The molecule has 11 nitrogen and oxygen atoms in total. The molecule has 1 saturated heterocycles. The second kappa shape index (κ2) is 9.12. The normalized spacial score (nSPS) is 16.2. The van der Waals surface area contributed by atoms with Crippen molar-refractivity contribution in [3.05, 3.63) is 54.9 Å². The standard InChI is InChI=1S/C24H24F3N9O2S/c1-15(2)33-7-5-18(6-8-33)34-14-17(11-30-34)16-9-20-19(28-10-16)12-31-36(20)39(37,38)23-13-29-22-4-3-21(24(25,26)27)32-35(22)23/h3-4,9-15,18H,5-8H2,1-2H3. The Labute approximate surface area is 220 Å². The Morgan fingerprint density at radius 1 is 0.974 bits per heavy atom. The summed E-state index contributed by atoms with van der Waals surface area (Å²) in [7, 11) is -4.48. The van der Waals surface area contributed by atoms with Crippen LogP contribution in [0.5, 0.6) is 0 Å². The zero-order valence-corrected chi connectivity index (χ0v) is 21.8. The number of imidazole rings is 1. The number of rotatable bonds is 5.